The molecule has 330 valence electrons. The van der Waals surface area contributed by atoms with Crippen LogP contribution in [0.15, 0.2) is 71.8 Å². The Morgan fingerprint density at radius 2 is 1.52 bits per heavy atom. The van der Waals surface area contributed by atoms with Crippen molar-refractivity contribution in [3.63, 3.8) is 0 Å². The number of ether oxygens (including phenoxy) is 5. The summed E-state index contributed by atoms with van der Waals surface area (Å²) >= 11 is 0. The Balaban J connectivity index is 1.54. The lowest BCUT2D eigenvalue weighted by molar-refractivity contribution is -0.346. The number of aliphatic hydroxyl groups is 3. The molecular weight excluding hydrogens is 790 g/mol. The number of ketones is 1. The fourth-order valence-corrected chi connectivity index (χ4v) is 10.1. The summed E-state index contributed by atoms with van der Waals surface area (Å²) in [6.07, 6.45) is -10.3. The number of benzene rings is 2. The average Bonchev–Trinajstić information content (AvgIpc) is 3.17. The van der Waals surface area contributed by atoms with E-state index in [0.29, 0.717) is 5.56 Å². The number of fused-ring (bicyclic) bond motifs is 5. The zero-order valence-electron chi connectivity index (χ0n) is 36.1. The molecule has 1 amide bonds. The van der Waals surface area contributed by atoms with Crippen molar-refractivity contribution in [1.29, 1.82) is 0 Å². The number of carbonyl (C=O) groups is 6. The molecule has 5 unspecified atom stereocenters. The lowest BCUT2D eigenvalue weighted by atomic mass is 9.44. The third-order valence-electron chi connectivity index (χ3n) is 13.2. The molecule has 2 bridgehead atoms. The number of Topliss-reactive ketones (excluding diaryl/α,β-unsaturated/α-hetero) is 1. The van der Waals surface area contributed by atoms with Gasteiger partial charge in [-0.2, -0.15) is 0 Å². The van der Waals surface area contributed by atoms with Crippen LogP contribution < -0.4 is 5.32 Å². The number of hydrogen-bond acceptors (Lipinski definition) is 14. The predicted octanol–water partition coefficient (Wildman–Crippen LogP) is 3.86. The summed E-state index contributed by atoms with van der Waals surface area (Å²) in [6.45, 7) is 13.6. The number of hydrogen-bond donors (Lipinski definition) is 4. The maximum absolute atomic E-state index is 15.5. The Hall–Kier alpha value is -4.96. The molecule has 0 aromatic heterocycles. The molecule has 3 fully saturated rings. The van der Waals surface area contributed by atoms with Crippen molar-refractivity contribution in [2.75, 3.05) is 6.61 Å². The molecule has 1 heterocycles. The highest BCUT2D eigenvalue weighted by atomic mass is 16.6. The van der Waals surface area contributed by atoms with Gasteiger partial charge in [-0.1, -0.05) is 83.1 Å². The molecule has 1 aliphatic heterocycles. The monoisotopic (exact) mass is 847 g/mol. The molecule has 1 saturated heterocycles. The molecule has 0 spiro atoms. The first-order valence-electron chi connectivity index (χ1n) is 20.5. The minimum Gasteiger partial charge on any atom is -0.456 e. The molecule has 61 heavy (non-hydrogen) atoms. The van der Waals surface area contributed by atoms with Gasteiger partial charge in [0.2, 0.25) is 5.91 Å². The third-order valence-corrected chi connectivity index (χ3v) is 13.2. The molecule has 2 aromatic carbocycles. The number of carbonyl (C=O) groups excluding carboxylic acids is 6. The van der Waals surface area contributed by atoms with Crippen molar-refractivity contribution in [3.8, 4) is 0 Å². The Morgan fingerprint density at radius 1 is 0.918 bits per heavy atom. The van der Waals surface area contributed by atoms with E-state index >= 15 is 4.79 Å². The van der Waals surface area contributed by atoms with E-state index in [-0.39, 0.29) is 36.2 Å². The highest BCUT2D eigenvalue weighted by Crippen LogP contribution is 2.64. The maximum atomic E-state index is 15.5. The van der Waals surface area contributed by atoms with E-state index in [1.54, 1.807) is 62.4 Å². The van der Waals surface area contributed by atoms with Gasteiger partial charge in [0, 0.05) is 38.5 Å². The van der Waals surface area contributed by atoms with Gasteiger partial charge in [0.25, 0.3) is 0 Å². The summed E-state index contributed by atoms with van der Waals surface area (Å²) in [4.78, 5) is 83.2. The van der Waals surface area contributed by atoms with Crippen LogP contribution in [-0.2, 0) is 47.7 Å². The maximum Gasteiger partial charge on any atom is 0.338 e. The molecule has 0 radical (unpaired) electrons. The first-order valence-corrected chi connectivity index (χ1v) is 20.5. The fraction of sp³-hybridized carbons (Fsp3) is 0.565. The first-order chi connectivity index (χ1) is 28.4. The van der Waals surface area contributed by atoms with Crippen LogP contribution in [0.2, 0.25) is 0 Å². The van der Waals surface area contributed by atoms with Crippen LogP contribution in [0.25, 0.3) is 0 Å². The van der Waals surface area contributed by atoms with E-state index in [4.69, 9.17) is 23.7 Å². The summed E-state index contributed by atoms with van der Waals surface area (Å²) in [6, 6.07) is 14.9. The molecule has 2 saturated carbocycles. The van der Waals surface area contributed by atoms with Crippen molar-refractivity contribution in [1.82, 2.24) is 5.32 Å². The lowest BCUT2D eigenvalue weighted by Crippen LogP contribution is -2.82. The second kappa shape index (κ2) is 16.4. The number of rotatable bonds is 10. The second-order valence-electron chi connectivity index (χ2n) is 18.8. The van der Waals surface area contributed by atoms with Crippen LogP contribution in [-0.4, -0.2) is 105 Å². The van der Waals surface area contributed by atoms with Gasteiger partial charge in [-0.25, -0.2) is 9.59 Å². The van der Waals surface area contributed by atoms with Crippen LogP contribution in [0.5, 0.6) is 0 Å². The molecule has 15 nitrogen and oxygen atoms in total. The Bertz CT molecular complexity index is 2090. The summed E-state index contributed by atoms with van der Waals surface area (Å²) in [7, 11) is 0. The molecular formula is C46H57NO14. The number of aliphatic hydroxyl groups excluding tert-OH is 2. The van der Waals surface area contributed by atoms with E-state index in [0.717, 1.165) is 13.8 Å². The van der Waals surface area contributed by atoms with Crippen molar-refractivity contribution in [3.05, 3.63) is 82.9 Å². The van der Waals surface area contributed by atoms with Crippen LogP contribution in [0.1, 0.15) is 104 Å². The molecule has 11 atom stereocenters. The Kier molecular flexibility index (Phi) is 12.2. The van der Waals surface area contributed by atoms with E-state index < -0.39 is 118 Å². The molecule has 4 aliphatic rings. The van der Waals surface area contributed by atoms with Gasteiger partial charge in [-0.05, 0) is 48.1 Å². The number of nitrogens with one attached hydrogen (secondary N) is 1. The van der Waals surface area contributed by atoms with Gasteiger partial charge in [-0.15, -0.1) is 0 Å². The normalized spacial score (nSPS) is 32.6. The molecule has 2 aromatic rings. The minimum absolute atomic E-state index is 0.00739. The van der Waals surface area contributed by atoms with E-state index in [1.165, 1.54) is 26.0 Å². The van der Waals surface area contributed by atoms with Crippen LogP contribution in [0.4, 0.5) is 0 Å². The van der Waals surface area contributed by atoms with E-state index in [9.17, 15) is 39.3 Å². The fourth-order valence-electron chi connectivity index (χ4n) is 10.1. The summed E-state index contributed by atoms with van der Waals surface area (Å²) < 4.78 is 30.3. The molecule has 4 N–H and O–H groups in total. The predicted molar refractivity (Wildman–Crippen MR) is 216 cm³/mol. The molecule has 3 aliphatic carbocycles. The zero-order valence-corrected chi connectivity index (χ0v) is 36.1. The summed E-state index contributed by atoms with van der Waals surface area (Å²) in [5.74, 6) is -6.63. The second-order valence-corrected chi connectivity index (χ2v) is 18.8. The van der Waals surface area contributed by atoms with Gasteiger partial charge in [0.1, 0.15) is 23.9 Å². The van der Waals surface area contributed by atoms with Crippen molar-refractivity contribution in [2.24, 2.45) is 22.2 Å². The first kappa shape index (κ1) is 45.6. The number of esters is 4. The quantitative estimate of drug-likeness (QED) is 0.152. The molecule has 6 rings (SSSR count). The van der Waals surface area contributed by atoms with Crippen LogP contribution >= 0.6 is 0 Å². The van der Waals surface area contributed by atoms with Gasteiger partial charge < -0.3 is 44.3 Å². The van der Waals surface area contributed by atoms with Gasteiger partial charge >= 0.3 is 23.9 Å². The smallest absolute Gasteiger partial charge is 0.338 e. The van der Waals surface area contributed by atoms with E-state index in [2.05, 4.69) is 5.32 Å². The highest BCUT2D eigenvalue weighted by Gasteiger charge is 2.78. The highest BCUT2D eigenvalue weighted by molar-refractivity contribution is 5.95. The topological polar surface area (TPSA) is 221 Å². The van der Waals surface area contributed by atoms with Crippen molar-refractivity contribution < 1.29 is 67.8 Å². The van der Waals surface area contributed by atoms with Crippen LogP contribution in [0, 0.1) is 22.2 Å². The number of amides is 1. The Labute approximate surface area is 355 Å². The summed E-state index contributed by atoms with van der Waals surface area (Å²) in [5.41, 5.74) is -7.60. The Morgan fingerprint density at radius 3 is 2.07 bits per heavy atom. The van der Waals surface area contributed by atoms with Gasteiger partial charge in [0.05, 0.1) is 35.6 Å². The SMILES string of the molecule is CC(=O)O[C@H]1C(=O)[C@@]2(C)C(C(OC(=O)c3ccccc3)[C@]3(O)CC(OC(=O)C(O)[C@@H](NC(=O)CC(C)(C)C)c4ccccc4)C(C)=C1C3(C)C)[C@]1(OC(C)=O)COC1C[C@@H]2O. The van der Waals surface area contributed by atoms with Gasteiger partial charge in [0.15, 0.2) is 23.6 Å². The largest absolute Gasteiger partial charge is 0.456 e. The average molecular weight is 848 g/mol. The summed E-state index contributed by atoms with van der Waals surface area (Å²) in [5, 5.41) is 40.2. The van der Waals surface area contributed by atoms with Crippen molar-refractivity contribution in [2.45, 2.75) is 135 Å². The standard InChI is InChI=1S/C46H57NO14/c1-24-29(59-41(55)35(52)34(27-16-12-10-13-17-27)47-32(51)22-42(4,5)6)21-46(56)39(60-40(54)28-18-14-11-15-19-28)37-44(9,30(50)20-31-45(37,23-57-31)61-26(3)49)38(53)36(58-25(2)48)33(24)43(46,7)8/h10-19,29-31,34-37,39,50,52,56H,20-23H2,1-9H3,(H,47,51)/t29?,30-,31?,34-,35?,36+,37?,39?,44+,45-,46+/m0/s1. The molecule has 15 heteroatoms. The van der Waals surface area contributed by atoms with Gasteiger partial charge in [-0.3, -0.25) is 19.2 Å². The zero-order chi connectivity index (χ0) is 45.0. The van der Waals surface area contributed by atoms with Crippen molar-refractivity contribution >= 4 is 35.6 Å². The minimum atomic E-state index is -2.38. The van der Waals surface area contributed by atoms with Crippen LogP contribution in [0.3, 0.4) is 0 Å². The lowest BCUT2D eigenvalue weighted by Gasteiger charge is -2.67. The van der Waals surface area contributed by atoms with E-state index in [1.807, 2.05) is 20.8 Å². The third kappa shape index (κ3) is 8.01.